The zero-order valence-corrected chi connectivity index (χ0v) is 10.1. The molecule has 3 nitrogen and oxygen atoms in total. The molecule has 0 spiro atoms. The highest BCUT2D eigenvalue weighted by Crippen LogP contribution is 2.54. The third kappa shape index (κ3) is 3.56. The summed E-state index contributed by atoms with van der Waals surface area (Å²) in [4.78, 5) is 4.21. The number of hydrogen-bond donors (Lipinski definition) is 1. The summed E-state index contributed by atoms with van der Waals surface area (Å²) in [6, 6.07) is 0. The molecular weight excluding hydrogens is 241 g/mol. The minimum Gasteiger partial charge on any atom is -0.272 e. The van der Waals surface area contributed by atoms with Crippen molar-refractivity contribution in [2.45, 2.75) is 17.2 Å². The predicted molar refractivity (Wildman–Crippen MR) is 61.7 cm³/mol. The average Bonchev–Trinajstić information content (AvgIpc) is 2.73. The Morgan fingerprint density at radius 1 is 1.79 bits per heavy atom. The number of aliphatic imine (C=N–C) groups is 1. The van der Waals surface area contributed by atoms with Crippen molar-refractivity contribution in [3.63, 3.8) is 0 Å². The minimum atomic E-state index is -0.516. The van der Waals surface area contributed by atoms with E-state index in [1.807, 2.05) is 12.4 Å². The number of nitrogens with zero attached hydrogens (tertiary/aromatic N) is 2. The summed E-state index contributed by atoms with van der Waals surface area (Å²) >= 11 is 13.1. The fourth-order valence-electron chi connectivity index (χ4n) is 1.11. The molecule has 1 rings (SSSR count). The van der Waals surface area contributed by atoms with E-state index in [-0.39, 0.29) is 0 Å². The SMILES string of the molecule is CSC(=NCCC1CC1(Cl)Cl)NC#N. The molecular formula is C8H11Cl2N3S. The van der Waals surface area contributed by atoms with E-state index in [9.17, 15) is 0 Å². The van der Waals surface area contributed by atoms with Crippen LogP contribution in [-0.4, -0.2) is 22.3 Å². The zero-order valence-electron chi connectivity index (χ0n) is 7.76. The summed E-state index contributed by atoms with van der Waals surface area (Å²) in [6.45, 7) is 0.663. The fraction of sp³-hybridized carbons (Fsp3) is 0.750. The number of nitriles is 1. The van der Waals surface area contributed by atoms with Gasteiger partial charge in [0.15, 0.2) is 11.4 Å². The molecule has 1 N–H and O–H groups in total. The van der Waals surface area contributed by atoms with Crippen LogP contribution in [0.5, 0.6) is 0 Å². The Hall–Kier alpha value is -0.110. The minimum absolute atomic E-state index is 0.361. The first-order valence-electron chi connectivity index (χ1n) is 4.21. The molecule has 0 aromatic rings. The fourth-order valence-corrected chi connectivity index (χ4v) is 2.07. The Bertz CT molecular complexity index is 272. The van der Waals surface area contributed by atoms with Gasteiger partial charge in [-0.15, -0.1) is 23.2 Å². The number of alkyl halides is 2. The Morgan fingerprint density at radius 2 is 2.43 bits per heavy atom. The largest absolute Gasteiger partial charge is 0.272 e. The molecule has 1 saturated carbocycles. The second-order valence-electron chi connectivity index (χ2n) is 3.08. The Kier molecular flexibility index (Phi) is 4.36. The lowest BCUT2D eigenvalue weighted by atomic mass is 10.3. The Labute approximate surface area is 97.9 Å². The Balaban J connectivity index is 2.22. The van der Waals surface area contributed by atoms with Crippen LogP contribution in [0, 0.1) is 17.4 Å². The summed E-state index contributed by atoms with van der Waals surface area (Å²) in [5, 5.41) is 11.5. The van der Waals surface area contributed by atoms with E-state index in [1.54, 1.807) is 0 Å². The van der Waals surface area contributed by atoms with Crippen LogP contribution in [0.15, 0.2) is 4.99 Å². The van der Waals surface area contributed by atoms with Crippen LogP contribution in [0.2, 0.25) is 0 Å². The van der Waals surface area contributed by atoms with Gasteiger partial charge in [-0.05, 0) is 25.0 Å². The highest BCUT2D eigenvalue weighted by Gasteiger charge is 2.50. The number of halogens is 2. The molecule has 1 fully saturated rings. The van der Waals surface area contributed by atoms with Gasteiger partial charge in [0.05, 0.1) is 0 Å². The molecule has 14 heavy (non-hydrogen) atoms. The van der Waals surface area contributed by atoms with E-state index in [2.05, 4.69) is 10.3 Å². The third-order valence-electron chi connectivity index (χ3n) is 2.04. The molecule has 0 aromatic carbocycles. The van der Waals surface area contributed by atoms with E-state index in [0.717, 1.165) is 12.8 Å². The summed E-state index contributed by atoms with van der Waals surface area (Å²) in [5.41, 5.74) is 0. The van der Waals surface area contributed by atoms with Crippen molar-refractivity contribution < 1.29 is 0 Å². The molecule has 6 heteroatoms. The molecule has 1 aliphatic carbocycles. The smallest absolute Gasteiger partial charge is 0.183 e. The zero-order chi connectivity index (χ0) is 10.6. The molecule has 0 bridgehead atoms. The van der Waals surface area contributed by atoms with Gasteiger partial charge in [0, 0.05) is 6.54 Å². The van der Waals surface area contributed by atoms with E-state index >= 15 is 0 Å². The second kappa shape index (κ2) is 5.11. The molecule has 1 atom stereocenters. The van der Waals surface area contributed by atoms with Gasteiger partial charge in [-0.1, -0.05) is 11.8 Å². The van der Waals surface area contributed by atoms with Crippen molar-refractivity contribution in [2.24, 2.45) is 10.9 Å². The van der Waals surface area contributed by atoms with Gasteiger partial charge in [0.1, 0.15) is 4.33 Å². The maximum absolute atomic E-state index is 8.37. The maximum atomic E-state index is 8.37. The molecule has 0 amide bonds. The number of amidine groups is 1. The molecule has 78 valence electrons. The van der Waals surface area contributed by atoms with Crippen molar-refractivity contribution in [3.05, 3.63) is 0 Å². The molecule has 0 aliphatic heterocycles. The highest BCUT2D eigenvalue weighted by molar-refractivity contribution is 8.13. The van der Waals surface area contributed by atoms with Crippen LogP contribution >= 0.6 is 35.0 Å². The third-order valence-corrected chi connectivity index (χ3v) is 3.59. The lowest BCUT2D eigenvalue weighted by Gasteiger charge is -2.00. The molecule has 1 aliphatic rings. The molecule has 0 aromatic heterocycles. The average molecular weight is 252 g/mol. The van der Waals surface area contributed by atoms with Gasteiger partial charge < -0.3 is 0 Å². The van der Waals surface area contributed by atoms with E-state index < -0.39 is 4.33 Å². The second-order valence-corrected chi connectivity index (χ2v) is 5.42. The van der Waals surface area contributed by atoms with Crippen molar-refractivity contribution in [1.29, 1.82) is 5.26 Å². The van der Waals surface area contributed by atoms with E-state index in [4.69, 9.17) is 28.5 Å². The maximum Gasteiger partial charge on any atom is 0.183 e. The van der Waals surface area contributed by atoms with Crippen LogP contribution < -0.4 is 5.32 Å². The van der Waals surface area contributed by atoms with Gasteiger partial charge >= 0.3 is 0 Å². The first-order chi connectivity index (χ1) is 6.60. The number of thioether (sulfide) groups is 1. The van der Waals surface area contributed by atoms with E-state index in [1.165, 1.54) is 11.8 Å². The van der Waals surface area contributed by atoms with Crippen molar-refractivity contribution >= 4 is 40.1 Å². The summed E-state index contributed by atoms with van der Waals surface area (Å²) in [5.74, 6) is 0.361. The lowest BCUT2D eigenvalue weighted by molar-refractivity contribution is 0.731. The van der Waals surface area contributed by atoms with Crippen LogP contribution in [0.1, 0.15) is 12.8 Å². The first kappa shape index (κ1) is 12.0. The van der Waals surface area contributed by atoms with Crippen molar-refractivity contribution in [2.75, 3.05) is 12.8 Å². The van der Waals surface area contributed by atoms with Crippen molar-refractivity contribution in [3.8, 4) is 6.19 Å². The number of rotatable bonds is 3. The normalized spacial score (nSPS) is 24.1. The van der Waals surface area contributed by atoms with Crippen LogP contribution in [0.25, 0.3) is 0 Å². The Morgan fingerprint density at radius 3 is 2.86 bits per heavy atom. The van der Waals surface area contributed by atoms with Gasteiger partial charge in [-0.2, -0.15) is 5.26 Å². The monoisotopic (exact) mass is 251 g/mol. The summed E-state index contributed by atoms with van der Waals surface area (Å²) in [6.07, 6.45) is 5.44. The number of nitrogens with one attached hydrogen (secondary N) is 1. The van der Waals surface area contributed by atoms with Gasteiger partial charge in [-0.3, -0.25) is 10.3 Å². The molecule has 0 heterocycles. The highest BCUT2D eigenvalue weighted by atomic mass is 35.5. The van der Waals surface area contributed by atoms with Gasteiger partial charge in [0.25, 0.3) is 0 Å². The van der Waals surface area contributed by atoms with Gasteiger partial charge in [-0.25, -0.2) is 0 Å². The van der Waals surface area contributed by atoms with Crippen LogP contribution in [0.3, 0.4) is 0 Å². The first-order valence-corrected chi connectivity index (χ1v) is 6.19. The van der Waals surface area contributed by atoms with Crippen LogP contribution in [0.4, 0.5) is 0 Å². The molecule has 0 saturated heterocycles. The topological polar surface area (TPSA) is 48.2 Å². The summed E-state index contributed by atoms with van der Waals surface area (Å²) in [7, 11) is 0. The van der Waals surface area contributed by atoms with E-state index in [0.29, 0.717) is 17.6 Å². The quantitative estimate of drug-likeness (QED) is 0.276. The standard InChI is InChI=1S/C8H11Cl2N3S/c1-14-7(13-5-11)12-3-2-6-4-8(6,9)10/h6H,2-4H2,1H3,(H,12,13). The van der Waals surface area contributed by atoms with Gasteiger partial charge in [0.2, 0.25) is 0 Å². The molecule has 1 unspecified atom stereocenters. The predicted octanol–water partition coefficient (Wildman–Crippen LogP) is 2.36. The van der Waals surface area contributed by atoms with Crippen LogP contribution in [-0.2, 0) is 0 Å². The summed E-state index contributed by atoms with van der Waals surface area (Å²) < 4.78 is -0.516. The lowest BCUT2D eigenvalue weighted by Crippen LogP contribution is -2.13. The van der Waals surface area contributed by atoms with Crippen molar-refractivity contribution in [1.82, 2.24) is 5.32 Å². The molecule has 0 radical (unpaired) electrons. The number of hydrogen-bond acceptors (Lipinski definition) is 3.